The van der Waals surface area contributed by atoms with Gasteiger partial charge in [0.15, 0.2) is 0 Å². The van der Waals surface area contributed by atoms with Gasteiger partial charge in [-0.25, -0.2) is 0 Å². The molecule has 17 heavy (non-hydrogen) atoms. The lowest BCUT2D eigenvalue weighted by atomic mass is 10.3. The lowest BCUT2D eigenvalue weighted by Gasteiger charge is -2.35. The molecule has 1 saturated heterocycles. The summed E-state index contributed by atoms with van der Waals surface area (Å²) in [4.78, 5) is 7.29. The Kier molecular flexibility index (Phi) is 8.22. The zero-order valence-corrected chi connectivity index (χ0v) is 12.2. The largest absolute Gasteiger partial charge is 0.379 e. The molecule has 1 fully saturated rings. The first-order chi connectivity index (χ1) is 8.22. The summed E-state index contributed by atoms with van der Waals surface area (Å²) in [6.45, 7) is 9.78. The fraction of sp³-hybridized carbons (Fsp3) is 1.00. The van der Waals surface area contributed by atoms with Crippen LogP contribution in [0.2, 0.25) is 0 Å². The Bertz CT molecular complexity index is 185. The monoisotopic (exact) mass is 261 g/mol. The Balaban J connectivity index is 2.01. The van der Waals surface area contributed by atoms with Crippen LogP contribution < -0.4 is 0 Å². The molecule has 0 bridgehead atoms. The van der Waals surface area contributed by atoms with Gasteiger partial charge in [-0.15, -0.1) is 0 Å². The molecule has 0 radical (unpaired) electrons. The molecule has 0 N–H and O–H groups in total. The summed E-state index contributed by atoms with van der Waals surface area (Å²) in [5.41, 5.74) is 0. The van der Waals surface area contributed by atoms with Crippen LogP contribution in [0.3, 0.4) is 0 Å². The van der Waals surface area contributed by atoms with Crippen LogP contribution in [0.25, 0.3) is 0 Å². The molecule has 4 nitrogen and oxygen atoms in total. The maximum atomic E-state index is 5.45. The topological polar surface area (TPSA) is 19.0 Å². The Labute approximate surface area is 111 Å². The zero-order chi connectivity index (χ0) is 12.5. The van der Waals surface area contributed by atoms with Crippen molar-refractivity contribution in [1.29, 1.82) is 0 Å². The molecule has 102 valence electrons. The molecule has 1 aliphatic heterocycles. The van der Waals surface area contributed by atoms with E-state index in [1.54, 1.807) is 0 Å². The van der Waals surface area contributed by atoms with Crippen molar-refractivity contribution in [3.8, 4) is 0 Å². The smallest absolute Gasteiger partial charge is 0.0593 e. The van der Waals surface area contributed by atoms with Crippen LogP contribution in [0.5, 0.6) is 0 Å². The molecular formula is C12H27N3OS. The summed E-state index contributed by atoms with van der Waals surface area (Å²) < 4.78 is 5.45. The van der Waals surface area contributed by atoms with Crippen molar-refractivity contribution in [3.63, 3.8) is 0 Å². The van der Waals surface area contributed by atoms with Gasteiger partial charge in [0.2, 0.25) is 0 Å². The number of hydrogen-bond donors (Lipinski definition) is 1. The van der Waals surface area contributed by atoms with Crippen molar-refractivity contribution in [2.75, 3.05) is 78.9 Å². The van der Waals surface area contributed by atoms with E-state index in [0.717, 1.165) is 32.1 Å². The summed E-state index contributed by atoms with van der Waals surface area (Å²) in [6.07, 6.45) is 0. The molecule has 0 spiro atoms. The summed E-state index contributed by atoms with van der Waals surface area (Å²) >= 11 is 4.12. The van der Waals surface area contributed by atoms with Gasteiger partial charge in [-0.1, -0.05) is 0 Å². The summed E-state index contributed by atoms with van der Waals surface area (Å²) in [6, 6.07) is 0. The van der Waals surface area contributed by atoms with Gasteiger partial charge in [-0.3, -0.25) is 9.80 Å². The molecule has 1 heterocycles. The maximum Gasteiger partial charge on any atom is 0.0593 e. The second kappa shape index (κ2) is 9.16. The SMILES string of the molecule is CN(C)CCN1CCN(CCOCCS)CC1. The van der Waals surface area contributed by atoms with Gasteiger partial charge in [0, 0.05) is 51.6 Å². The van der Waals surface area contributed by atoms with Crippen LogP contribution in [0, 0.1) is 0 Å². The number of hydrogen-bond acceptors (Lipinski definition) is 5. The van der Waals surface area contributed by atoms with Gasteiger partial charge in [0.1, 0.15) is 0 Å². The lowest BCUT2D eigenvalue weighted by Crippen LogP contribution is -2.48. The second-order valence-corrected chi connectivity index (χ2v) is 5.27. The van der Waals surface area contributed by atoms with E-state index in [1.165, 1.54) is 32.7 Å². The zero-order valence-electron chi connectivity index (χ0n) is 11.3. The van der Waals surface area contributed by atoms with E-state index in [-0.39, 0.29) is 0 Å². The minimum Gasteiger partial charge on any atom is -0.379 e. The Morgan fingerprint density at radius 3 is 2.12 bits per heavy atom. The number of thiol groups is 1. The Morgan fingerprint density at radius 1 is 1.00 bits per heavy atom. The normalized spacial score (nSPS) is 19.1. The van der Waals surface area contributed by atoms with E-state index in [2.05, 4.69) is 41.4 Å². The number of rotatable bonds is 8. The van der Waals surface area contributed by atoms with Gasteiger partial charge in [0.05, 0.1) is 13.2 Å². The molecule has 0 aliphatic carbocycles. The predicted octanol–water partition coefficient (Wildman–Crippen LogP) is 0.112. The third kappa shape index (κ3) is 7.26. The number of piperazine rings is 1. The number of ether oxygens (including phenoxy) is 1. The highest BCUT2D eigenvalue weighted by atomic mass is 32.1. The van der Waals surface area contributed by atoms with E-state index >= 15 is 0 Å². The Hall–Kier alpha value is 0.190. The van der Waals surface area contributed by atoms with Gasteiger partial charge >= 0.3 is 0 Å². The average molecular weight is 261 g/mol. The quantitative estimate of drug-likeness (QED) is 0.494. The molecule has 1 aliphatic rings. The molecule has 0 aromatic rings. The first-order valence-corrected chi connectivity index (χ1v) is 7.13. The highest BCUT2D eigenvalue weighted by Gasteiger charge is 2.15. The van der Waals surface area contributed by atoms with E-state index in [0.29, 0.717) is 0 Å². The van der Waals surface area contributed by atoms with Crippen LogP contribution >= 0.6 is 12.6 Å². The summed E-state index contributed by atoms with van der Waals surface area (Å²) in [5, 5.41) is 0. The van der Waals surface area contributed by atoms with Crippen LogP contribution in [0.15, 0.2) is 0 Å². The van der Waals surface area contributed by atoms with Crippen LogP contribution in [-0.4, -0.2) is 93.6 Å². The summed E-state index contributed by atoms with van der Waals surface area (Å²) in [7, 11) is 4.27. The van der Waals surface area contributed by atoms with Crippen molar-refractivity contribution in [3.05, 3.63) is 0 Å². The van der Waals surface area contributed by atoms with Crippen LogP contribution in [-0.2, 0) is 4.74 Å². The molecule has 0 amide bonds. The van der Waals surface area contributed by atoms with E-state index in [9.17, 15) is 0 Å². The van der Waals surface area contributed by atoms with E-state index in [4.69, 9.17) is 4.74 Å². The maximum absolute atomic E-state index is 5.45. The number of likely N-dealkylation sites (N-methyl/N-ethyl adjacent to an activating group) is 1. The van der Waals surface area contributed by atoms with Gasteiger partial charge < -0.3 is 9.64 Å². The van der Waals surface area contributed by atoms with Gasteiger partial charge in [-0.2, -0.15) is 12.6 Å². The first-order valence-electron chi connectivity index (χ1n) is 6.50. The van der Waals surface area contributed by atoms with Gasteiger partial charge in [-0.05, 0) is 14.1 Å². The van der Waals surface area contributed by atoms with E-state index in [1.807, 2.05) is 0 Å². The minimum absolute atomic E-state index is 0.770. The molecule has 0 aromatic heterocycles. The molecule has 0 saturated carbocycles. The van der Waals surface area contributed by atoms with Crippen molar-refractivity contribution in [2.24, 2.45) is 0 Å². The van der Waals surface area contributed by atoms with Crippen molar-refractivity contribution in [2.45, 2.75) is 0 Å². The molecular weight excluding hydrogens is 234 g/mol. The molecule has 0 aromatic carbocycles. The Morgan fingerprint density at radius 2 is 1.59 bits per heavy atom. The average Bonchev–Trinajstić information content (AvgIpc) is 2.33. The van der Waals surface area contributed by atoms with Crippen LogP contribution in [0.4, 0.5) is 0 Å². The summed E-state index contributed by atoms with van der Waals surface area (Å²) in [5.74, 6) is 0.818. The second-order valence-electron chi connectivity index (χ2n) is 4.82. The van der Waals surface area contributed by atoms with Crippen LogP contribution in [0.1, 0.15) is 0 Å². The molecule has 0 unspecified atom stereocenters. The fourth-order valence-corrected chi connectivity index (χ4v) is 2.07. The van der Waals surface area contributed by atoms with Crippen molar-refractivity contribution >= 4 is 12.6 Å². The third-order valence-corrected chi connectivity index (χ3v) is 3.30. The standard InChI is InChI=1S/C12H27N3OS/c1-13(2)3-4-14-5-7-15(8-6-14)9-10-16-11-12-17/h17H,3-12H2,1-2H3. The van der Waals surface area contributed by atoms with E-state index < -0.39 is 0 Å². The fourth-order valence-electron chi connectivity index (χ4n) is 1.94. The molecule has 5 heteroatoms. The van der Waals surface area contributed by atoms with Crippen molar-refractivity contribution < 1.29 is 4.74 Å². The first kappa shape index (κ1) is 15.2. The highest BCUT2D eigenvalue weighted by molar-refractivity contribution is 7.80. The number of nitrogens with zero attached hydrogens (tertiary/aromatic N) is 3. The lowest BCUT2D eigenvalue weighted by molar-refractivity contribution is 0.0797. The molecule has 1 rings (SSSR count). The third-order valence-electron chi connectivity index (χ3n) is 3.12. The highest BCUT2D eigenvalue weighted by Crippen LogP contribution is 2.01. The van der Waals surface area contributed by atoms with Crippen molar-refractivity contribution in [1.82, 2.24) is 14.7 Å². The minimum atomic E-state index is 0.770. The van der Waals surface area contributed by atoms with Gasteiger partial charge in [0.25, 0.3) is 0 Å². The predicted molar refractivity (Wildman–Crippen MR) is 76.1 cm³/mol. The molecule has 0 atom stereocenters.